The molecule has 2 aromatic carbocycles. The van der Waals surface area contributed by atoms with Gasteiger partial charge in [0.1, 0.15) is 18.8 Å². The molecule has 2 aromatic rings. The number of carbonyl (C=O) groups excluding carboxylic acids is 1. The van der Waals surface area contributed by atoms with Crippen LogP contribution in [0.25, 0.3) is 0 Å². The second-order valence-corrected chi connectivity index (χ2v) is 6.51. The first-order valence-electron chi connectivity index (χ1n) is 9.00. The van der Waals surface area contributed by atoms with Gasteiger partial charge in [0.2, 0.25) is 0 Å². The molecule has 1 unspecified atom stereocenters. The summed E-state index contributed by atoms with van der Waals surface area (Å²) < 4.78 is 16.3. The summed E-state index contributed by atoms with van der Waals surface area (Å²) in [6, 6.07) is 18.4. The van der Waals surface area contributed by atoms with Crippen molar-refractivity contribution in [3.05, 3.63) is 71.8 Å². The molecule has 4 atom stereocenters. The molecule has 1 aliphatic heterocycles. The molecule has 1 fully saturated rings. The van der Waals surface area contributed by atoms with Crippen LogP contribution in [0.2, 0.25) is 0 Å². The Kier molecular flexibility index (Phi) is 6.95. The predicted octanol–water partition coefficient (Wildman–Crippen LogP) is 2.14. The summed E-state index contributed by atoms with van der Waals surface area (Å²) in [6.07, 6.45) is -2.42. The molecule has 1 saturated heterocycles. The van der Waals surface area contributed by atoms with Crippen LogP contribution in [0.1, 0.15) is 22.3 Å². The zero-order valence-corrected chi connectivity index (χ0v) is 14.9. The molecule has 3 rings (SSSR count). The van der Waals surface area contributed by atoms with E-state index < -0.39 is 24.5 Å². The number of esters is 1. The molecule has 27 heavy (non-hydrogen) atoms. The fourth-order valence-corrected chi connectivity index (χ4v) is 3.11. The van der Waals surface area contributed by atoms with Gasteiger partial charge in [-0.2, -0.15) is 0 Å². The first-order valence-corrected chi connectivity index (χ1v) is 9.00. The number of aliphatic hydroxyl groups is 2. The molecule has 6 heteroatoms. The lowest BCUT2D eigenvalue weighted by atomic mass is 9.95. The van der Waals surface area contributed by atoms with Crippen LogP contribution >= 0.6 is 0 Å². The van der Waals surface area contributed by atoms with Gasteiger partial charge in [0, 0.05) is 12.5 Å². The van der Waals surface area contributed by atoms with Gasteiger partial charge in [-0.05, 0) is 24.1 Å². The number of ether oxygens (including phenoxy) is 3. The molecule has 6 nitrogen and oxygen atoms in total. The van der Waals surface area contributed by atoms with Crippen molar-refractivity contribution in [1.82, 2.24) is 0 Å². The first kappa shape index (κ1) is 19.5. The van der Waals surface area contributed by atoms with Gasteiger partial charge >= 0.3 is 5.97 Å². The Labute approximate surface area is 158 Å². The van der Waals surface area contributed by atoms with E-state index in [2.05, 4.69) is 0 Å². The van der Waals surface area contributed by atoms with E-state index in [1.807, 2.05) is 36.4 Å². The van der Waals surface area contributed by atoms with E-state index >= 15 is 0 Å². The average Bonchev–Trinajstić information content (AvgIpc) is 2.98. The van der Waals surface area contributed by atoms with Gasteiger partial charge in [-0.1, -0.05) is 48.5 Å². The fourth-order valence-electron chi connectivity index (χ4n) is 3.11. The Bertz CT molecular complexity index is 705. The Morgan fingerprint density at radius 1 is 1.00 bits per heavy atom. The van der Waals surface area contributed by atoms with Crippen LogP contribution < -0.4 is 0 Å². The summed E-state index contributed by atoms with van der Waals surface area (Å²) in [7, 11) is 0. The summed E-state index contributed by atoms with van der Waals surface area (Å²) >= 11 is 0. The van der Waals surface area contributed by atoms with Crippen LogP contribution in [0.15, 0.2) is 60.7 Å². The third-order valence-corrected chi connectivity index (χ3v) is 4.62. The summed E-state index contributed by atoms with van der Waals surface area (Å²) in [5.74, 6) is -0.839. The smallest absolute Gasteiger partial charge is 0.338 e. The van der Waals surface area contributed by atoms with E-state index in [0.717, 1.165) is 5.56 Å². The maximum Gasteiger partial charge on any atom is 0.338 e. The molecule has 1 heterocycles. The van der Waals surface area contributed by atoms with Gasteiger partial charge in [0.25, 0.3) is 0 Å². The molecule has 0 aromatic heterocycles. The lowest BCUT2D eigenvalue weighted by molar-refractivity contribution is -0.133. The maximum atomic E-state index is 12.1. The van der Waals surface area contributed by atoms with Crippen molar-refractivity contribution in [3.8, 4) is 0 Å². The molecule has 0 radical (unpaired) electrons. The minimum Gasteiger partial charge on any atom is -0.459 e. The van der Waals surface area contributed by atoms with Gasteiger partial charge in [0.15, 0.2) is 6.29 Å². The first-order chi connectivity index (χ1) is 13.1. The third kappa shape index (κ3) is 5.37. The van der Waals surface area contributed by atoms with Crippen LogP contribution in [0.5, 0.6) is 0 Å². The van der Waals surface area contributed by atoms with E-state index in [-0.39, 0.29) is 12.5 Å². The number of rotatable bonds is 8. The van der Waals surface area contributed by atoms with E-state index in [4.69, 9.17) is 14.2 Å². The highest BCUT2D eigenvalue weighted by molar-refractivity contribution is 5.89. The Balaban J connectivity index is 1.47. The van der Waals surface area contributed by atoms with Gasteiger partial charge < -0.3 is 24.4 Å². The Hall–Kier alpha value is -2.25. The van der Waals surface area contributed by atoms with E-state index in [1.165, 1.54) is 0 Å². The zero-order valence-electron chi connectivity index (χ0n) is 14.9. The largest absolute Gasteiger partial charge is 0.459 e. The molecular formula is C21H24O6. The summed E-state index contributed by atoms with van der Waals surface area (Å²) in [6.45, 7) is 0.835. The standard InChI is InChI=1S/C21H24O6/c22-19-17(11-12-25-13-15-7-3-1-4-8-15)18(27-21(19)24)14-26-20(23)16-9-5-2-6-10-16/h1-10,17-19,21-22,24H,11-14H2/t17-,18-,19-,21?/m1/s1. The fraction of sp³-hybridized carbons (Fsp3) is 0.381. The maximum absolute atomic E-state index is 12.1. The summed E-state index contributed by atoms with van der Waals surface area (Å²) in [4.78, 5) is 12.1. The van der Waals surface area contributed by atoms with Crippen molar-refractivity contribution >= 4 is 5.97 Å². The van der Waals surface area contributed by atoms with Crippen LogP contribution in [-0.2, 0) is 20.8 Å². The Morgan fingerprint density at radius 2 is 1.67 bits per heavy atom. The quantitative estimate of drug-likeness (QED) is 0.546. The van der Waals surface area contributed by atoms with Gasteiger partial charge in [-0.3, -0.25) is 0 Å². The molecule has 0 amide bonds. The molecule has 1 aliphatic rings. The molecule has 0 aliphatic carbocycles. The van der Waals surface area contributed by atoms with E-state index in [9.17, 15) is 15.0 Å². The normalized spacial score (nSPS) is 24.7. The van der Waals surface area contributed by atoms with Crippen molar-refractivity contribution in [2.45, 2.75) is 31.5 Å². The number of aliphatic hydroxyl groups excluding tert-OH is 2. The highest BCUT2D eigenvalue weighted by Crippen LogP contribution is 2.29. The molecule has 0 spiro atoms. The van der Waals surface area contributed by atoms with Crippen LogP contribution in [-0.4, -0.2) is 47.9 Å². The predicted molar refractivity (Wildman–Crippen MR) is 97.8 cm³/mol. The SMILES string of the molecule is O=C(OC[C@H]1OC(O)[C@H](O)[C@@H]1CCOCc1ccccc1)c1ccccc1. The Morgan fingerprint density at radius 3 is 2.37 bits per heavy atom. The van der Waals surface area contributed by atoms with Crippen molar-refractivity contribution in [3.63, 3.8) is 0 Å². The van der Waals surface area contributed by atoms with Crippen molar-refractivity contribution in [2.24, 2.45) is 5.92 Å². The number of hydrogen-bond donors (Lipinski definition) is 2. The second kappa shape index (κ2) is 9.62. The van der Waals surface area contributed by atoms with Crippen LogP contribution in [0, 0.1) is 5.92 Å². The monoisotopic (exact) mass is 372 g/mol. The van der Waals surface area contributed by atoms with Gasteiger partial charge in [-0.15, -0.1) is 0 Å². The lowest BCUT2D eigenvalue weighted by Gasteiger charge is -2.19. The molecule has 2 N–H and O–H groups in total. The molecule has 0 bridgehead atoms. The minimum absolute atomic E-state index is 0.0365. The summed E-state index contributed by atoms with van der Waals surface area (Å²) in [5.41, 5.74) is 1.51. The minimum atomic E-state index is -1.29. The highest BCUT2D eigenvalue weighted by Gasteiger charge is 2.43. The number of benzene rings is 2. The summed E-state index contributed by atoms with van der Waals surface area (Å²) in [5, 5.41) is 20.0. The molecule has 0 saturated carbocycles. The molecular weight excluding hydrogens is 348 g/mol. The van der Waals surface area contributed by atoms with Gasteiger partial charge in [0.05, 0.1) is 12.2 Å². The van der Waals surface area contributed by atoms with E-state index in [1.54, 1.807) is 24.3 Å². The molecule has 144 valence electrons. The highest BCUT2D eigenvalue weighted by atomic mass is 16.6. The van der Waals surface area contributed by atoms with Crippen LogP contribution in [0.4, 0.5) is 0 Å². The lowest BCUT2D eigenvalue weighted by Crippen LogP contribution is -2.31. The average molecular weight is 372 g/mol. The van der Waals surface area contributed by atoms with Crippen molar-refractivity contribution in [2.75, 3.05) is 13.2 Å². The second-order valence-electron chi connectivity index (χ2n) is 6.51. The van der Waals surface area contributed by atoms with Gasteiger partial charge in [-0.25, -0.2) is 4.79 Å². The van der Waals surface area contributed by atoms with E-state index in [0.29, 0.717) is 25.2 Å². The number of carbonyl (C=O) groups is 1. The third-order valence-electron chi connectivity index (χ3n) is 4.62. The zero-order chi connectivity index (χ0) is 19.1. The van der Waals surface area contributed by atoms with Crippen LogP contribution in [0.3, 0.4) is 0 Å². The number of hydrogen-bond acceptors (Lipinski definition) is 6. The van der Waals surface area contributed by atoms with Crippen molar-refractivity contribution < 1.29 is 29.2 Å². The van der Waals surface area contributed by atoms with Crippen molar-refractivity contribution in [1.29, 1.82) is 0 Å². The topological polar surface area (TPSA) is 85.2 Å².